The quantitative estimate of drug-likeness (QED) is 0.718. The Hall–Kier alpha value is -2.74. The molecular weight excluding hydrogens is 328 g/mol. The Morgan fingerprint density at radius 1 is 0.926 bits per heavy atom. The van der Waals surface area contributed by atoms with E-state index in [1.165, 1.54) is 27.8 Å². The van der Waals surface area contributed by atoms with E-state index in [0.29, 0.717) is 5.92 Å². The van der Waals surface area contributed by atoms with E-state index in [4.69, 9.17) is 11.5 Å². The van der Waals surface area contributed by atoms with Crippen LogP contribution in [0, 0.1) is 5.92 Å². The van der Waals surface area contributed by atoms with E-state index in [9.17, 15) is 0 Å². The van der Waals surface area contributed by atoms with E-state index in [1.54, 1.807) is 0 Å². The lowest BCUT2D eigenvalue weighted by atomic mass is 9.60. The number of nitrogen functional groups attached to an aromatic ring is 1. The molecule has 2 heteroatoms. The molecule has 2 aromatic carbocycles. The largest absolute Gasteiger partial charge is 0.402 e. The molecule has 2 unspecified atom stereocenters. The van der Waals surface area contributed by atoms with E-state index >= 15 is 0 Å². The van der Waals surface area contributed by atoms with Crippen LogP contribution in [0.15, 0.2) is 78.0 Å². The molecule has 2 atom stereocenters. The van der Waals surface area contributed by atoms with Crippen molar-refractivity contribution in [1.82, 2.24) is 0 Å². The molecular formula is C25H26N2. The summed E-state index contributed by atoms with van der Waals surface area (Å²) in [5, 5.41) is 0. The second-order valence-electron chi connectivity index (χ2n) is 8.06. The van der Waals surface area contributed by atoms with Gasteiger partial charge in [-0.15, -0.1) is 0 Å². The highest BCUT2D eigenvalue weighted by Gasteiger charge is 2.50. The van der Waals surface area contributed by atoms with Gasteiger partial charge in [-0.05, 0) is 78.0 Å². The maximum absolute atomic E-state index is 6.14. The van der Waals surface area contributed by atoms with Crippen LogP contribution in [0.3, 0.4) is 0 Å². The van der Waals surface area contributed by atoms with Gasteiger partial charge in [0.15, 0.2) is 0 Å². The van der Waals surface area contributed by atoms with Crippen LogP contribution in [0.1, 0.15) is 48.8 Å². The number of fused-ring (bicyclic) bond motifs is 2. The second-order valence-corrected chi connectivity index (χ2v) is 8.06. The van der Waals surface area contributed by atoms with Crippen LogP contribution >= 0.6 is 0 Å². The molecule has 4 N–H and O–H groups in total. The number of hydrogen-bond acceptors (Lipinski definition) is 2. The van der Waals surface area contributed by atoms with Gasteiger partial charge in [0.1, 0.15) is 0 Å². The number of benzene rings is 2. The molecule has 27 heavy (non-hydrogen) atoms. The first-order valence-electron chi connectivity index (χ1n) is 10.0. The summed E-state index contributed by atoms with van der Waals surface area (Å²) in [6.07, 6.45) is 12.4. The maximum Gasteiger partial charge on any atom is 0.0491 e. The Morgan fingerprint density at radius 3 is 2.52 bits per heavy atom. The normalized spacial score (nSPS) is 26.5. The Kier molecular flexibility index (Phi) is 3.75. The Balaban J connectivity index is 1.81. The third-order valence-corrected chi connectivity index (χ3v) is 6.70. The third kappa shape index (κ3) is 2.32. The Labute approximate surface area is 161 Å². The minimum absolute atomic E-state index is 0.103. The van der Waals surface area contributed by atoms with E-state index in [-0.39, 0.29) is 5.41 Å². The summed E-state index contributed by atoms with van der Waals surface area (Å²) in [7, 11) is 0. The maximum atomic E-state index is 6.14. The van der Waals surface area contributed by atoms with Crippen LogP contribution in [0.4, 0.5) is 5.69 Å². The first kappa shape index (κ1) is 16.4. The lowest BCUT2D eigenvalue weighted by Gasteiger charge is -2.43. The average molecular weight is 354 g/mol. The van der Waals surface area contributed by atoms with Crippen molar-refractivity contribution in [3.05, 3.63) is 94.7 Å². The molecule has 3 aliphatic rings. The fraction of sp³-hybridized carbons (Fsp3) is 0.280. The Morgan fingerprint density at radius 2 is 1.74 bits per heavy atom. The van der Waals surface area contributed by atoms with Crippen LogP contribution in [-0.4, -0.2) is 0 Å². The first-order valence-corrected chi connectivity index (χ1v) is 10.0. The van der Waals surface area contributed by atoms with E-state index in [1.807, 2.05) is 0 Å². The lowest BCUT2D eigenvalue weighted by molar-refractivity contribution is 0.341. The van der Waals surface area contributed by atoms with Crippen LogP contribution in [0.25, 0.3) is 5.57 Å². The molecule has 0 bridgehead atoms. The zero-order valence-corrected chi connectivity index (χ0v) is 15.6. The van der Waals surface area contributed by atoms with Gasteiger partial charge in [-0.2, -0.15) is 0 Å². The van der Waals surface area contributed by atoms with Gasteiger partial charge in [0.2, 0.25) is 0 Å². The molecule has 2 aromatic rings. The van der Waals surface area contributed by atoms with Crippen LogP contribution in [0.2, 0.25) is 0 Å². The van der Waals surface area contributed by atoms with Crippen molar-refractivity contribution >= 4 is 11.3 Å². The summed E-state index contributed by atoms with van der Waals surface area (Å²) in [5.74, 6) is 0.504. The number of hydrogen-bond donors (Lipinski definition) is 2. The predicted molar refractivity (Wildman–Crippen MR) is 113 cm³/mol. The lowest BCUT2D eigenvalue weighted by Crippen LogP contribution is -2.38. The average Bonchev–Trinajstić information content (AvgIpc) is 3.01. The van der Waals surface area contributed by atoms with Gasteiger partial charge in [0.25, 0.3) is 0 Å². The SMILES string of the molecule is NC1=CCC(C2(c3ccc(N)cc3)C3=C(CCC=C3)c3ccccc32)CC1. The van der Waals surface area contributed by atoms with Gasteiger partial charge in [0.05, 0.1) is 0 Å². The monoisotopic (exact) mass is 354 g/mol. The summed E-state index contributed by atoms with van der Waals surface area (Å²) in [6.45, 7) is 0. The van der Waals surface area contributed by atoms with Crippen molar-refractivity contribution in [1.29, 1.82) is 0 Å². The molecule has 136 valence electrons. The number of nitrogens with two attached hydrogens (primary N) is 2. The molecule has 5 rings (SSSR count). The standard InChI is InChI=1S/C25H26N2/c26-19-13-9-17(10-14-19)25(18-11-15-20(27)16-12-18)23-7-3-1-5-21(23)22-6-2-4-8-24(22)25/h1,3-5,7-10,13-15,18H,2,6,11-12,16,26-27H2. The number of allylic oxidation sites excluding steroid dienone is 6. The Bertz CT molecular complexity index is 978. The predicted octanol–water partition coefficient (Wildman–Crippen LogP) is 5.31. The molecule has 0 heterocycles. The van der Waals surface area contributed by atoms with Crippen molar-refractivity contribution in [3.63, 3.8) is 0 Å². The zero-order valence-electron chi connectivity index (χ0n) is 15.6. The second kappa shape index (κ2) is 6.16. The van der Waals surface area contributed by atoms with Crippen molar-refractivity contribution in [2.75, 3.05) is 5.73 Å². The van der Waals surface area contributed by atoms with Crippen molar-refractivity contribution in [2.24, 2.45) is 11.7 Å². The van der Waals surface area contributed by atoms with Crippen LogP contribution < -0.4 is 11.5 Å². The molecule has 0 spiro atoms. The highest BCUT2D eigenvalue weighted by Crippen LogP contribution is 2.59. The number of rotatable bonds is 2. The molecule has 0 fully saturated rings. The molecule has 0 aromatic heterocycles. The van der Waals surface area contributed by atoms with Gasteiger partial charge in [-0.3, -0.25) is 0 Å². The fourth-order valence-electron chi connectivity index (χ4n) is 5.53. The van der Waals surface area contributed by atoms with E-state index in [0.717, 1.165) is 43.5 Å². The molecule has 2 nitrogen and oxygen atoms in total. The molecule has 0 saturated carbocycles. The van der Waals surface area contributed by atoms with Crippen LogP contribution in [0.5, 0.6) is 0 Å². The summed E-state index contributed by atoms with van der Waals surface area (Å²) >= 11 is 0. The zero-order chi connectivity index (χ0) is 18.4. The minimum Gasteiger partial charge on any atom is -0.402 e. The summed E-state index contributed by atoms with van der Waals surface area (Å²) in [6, 6.07) is 17.6. The summed E-state index contributed by atoms with van der Waals surface area (Å²) in [4.78, 5) is 0. The van der Waals surface area contributed by atoms with Crippen molar-refractivity contribution < 1.29 is 0 Å². The van der Waals surface area contributed by atoms with Crippen molar-refractivity contribution in [2.45, 2.75) is 37.5 Å². The van der Waals surface area contributed by atoms with Gasteiger partial charge < -0.3 is 11.5 Å². The summed E-state index contributed by atoms with van der Waals surface area (Å²) < 4.78 is 0. The van der Waals surface area contributed by atoms with Gasteiger partial charge in [0, 0.05) is 16.8 Å². The molecule has 3 aliphatic carbocycles. The number of anilines is 1. The minimum atomic E-state index is -0.103. The smallest absolute Gasteiger partial charge is 0.0491 e. The van der Waals surface area contributed by atoms with Crippen LogP contribution in [-0.2, 0) is 5.41 Å². The van der Waals surface area contributed by atoms with E-state index < -0.39 is 0 Å². The van der Waals surface area contributed by atoms with Gasteiger partial charge in [-0.1, -0.05) is 54.6 Å². The molecule has 0 saturated heterocycles. The van der Waals surface area contributed by atoms with Gasteiger partial charge >= 0.3 is 0 Å². The highest BCUT2D eigenvalue weighted by atomic mass is 14.6. The summed E-state index contributed by atoms with van der Waals surface area (Å²) in [5.41, 5.74) is 21.2. The highest BCUT2D eigenvalue weighted by molar-refractivity contribution is 5.86. The topological polar surface area (TPSA) is 52.0 Å². The van der Waals surface area contributed by atoms with Crippen molar-refractivity contribution in [3.8, 4) is 0 Å². The first-order chi connectivity index (χ1) is 13.2. The molecule has 0 amide bonds. The third-order valence-electron chi connectivity index (χ3n) is 6.70. The molecule has 0 radical (unpaired) electrons. The van der Waals surface area contributed by atoms with E-state index in [2.05, 4.69) is 66.8 Å². The molecule has 0 aliphatic heterocycles. The van der Waals surface area contributed by atoms with Gasteiger partial charge in [-0.25, -0.2) is 0 Å². The fourth-order valence-corrected chi connectivity index (χ4v) is 5.53.